The lowest BCUT2D eigenvalue weighted by Crippen LogP contribution is -2.61. The number of hydrogen-bond donors (Lipinski definition) is 5. The number of ether oxygens (including phenoxy) is 1. The molecule has 4 amide bonds. The van der Waals surface area contributed by atoms with Gasteiger partial charge in [0.25, 0.3) is 0 Å². The summed E-state index contributed by atoms with van der Waals surface area (Å²) in [6, 6.07) is 5.09. The predicted molar refractivity (Wildman–Crippen MR) is 141 cm³/mol. The lowest BCUT2D eigenvalue weighted by molar-refractivity contribution is -0.149. The first-order valence-electron chi connectivity index (χ1n) is 13.6. The highest BCUT2D eigenvalue weighted by Gasteiger charge is 2.54. The average molecular weight is 532 g/mol. The van der Waals surface area contributed by atoms with E-state index in [1.807, 2.05) is 6.07 Å². The molecular formula is C27H41N5O6. The molecule has 2 heterocycles. The normalized spacial score (nSPS) is 22.6. The molecular weight excluding hydrogens is 490 g/mol. The standard InChI is InChI=1S/C27H41N5O6/c1-18(34)29-12-6-3-10-22-27(37)32-23(26(36)31-22)17-21(25(35)30-13-5-2-4-11-28)24(32)19-8-7-9-20(16-19)38-15-14-33/h7-9,16,21-24,33H,2-6,10-15,17,28H2,1H3,(H,29,34)(H,30,35)(H,31,36)/t21-,22+,23-,24-/m1/s1. The molecule has 0 saturated carbocycles. The fourth-order valence-corrected chi connectivity index (χ4v) is 5.22. The Kier molecular flexibility index (Phi) is 11.3. The molecule has 3 rings (SSSR count). The highest BCUT2D eigenvalue weighted by Crippen LogP contribution is 2.44. The van der Waals surface area contributed by atoms with E-state index in [1.165, 1.54) is 6.92 Å². The first kappa shape index (κ1) is 29.4. The summed E-state index contributed by atoms with van der Waals surface area (Å²) in [6.45, 7) is 3.05. The molecule has 0 spiro atoms. The summed E-state index contributed by atoms with van der Waals surface area (Å²) in [7, 11) is 0. The minimum absolute atomic E-state index is 0.108. The lowest BCUT2D eigenvalue weighted by Gasteiger charge is -2.38. The predicted octanol–water partition coefficient (Wildman–Crippen LogP) is 0.366. The molecule has 2 aliphatic heterocycles. The van der Waals surface area contributed by atoms with Crippen molar-refractivity contribution in [3.63, 3.8) is 0 Å². The van der Waals surface area contributed by atoms with Gasteiger partial charge in [-0.15, -0.1) is 0 Å². The minimum atomic E-state index is -0.738. The number of fused-ring (bicyclic) bond motifs is 1. The molecule has 2 fully saturated rings. The zero-order chi connectivity index (χ0) is 27.5. The van der Waals surface area contributed by atoms with Gasteiger partial charge in [0.15, 0.2) is 0 Å². The van der Waals surface area contributed by atoms with Crippen LogP contribution < -0.4 is 26.4 Å². The van der Waals surface area contributed by atoms with Crippen molar-refractivity contribution in [2.24, 2.45) is 11.7 Å². The van der Waals surface area contributed by atoms with Gasteiger partial charge < -0.3 is 36.4 Å². The Bertz CT molecular complexity index is 973. The van der Waals surface area contributed by atoms with E-state index in [4.69, 9.17) is 15.6 Å². The number of carbonyl (C=O) groups excluding carboxylic acids is 4. The van der Waals surface area contributed by atoms with Gasteiger partial charge in [-0.05, 0) is 62.8 Å². The van der Waals surface area contributed by atoms with Gasteiger partial charge in [0.1, 0.15) is 24.4 Å². The summed E-state index contributed by atoms with van der Waals surface area (Å²) in [5, 5.41) is 17.7. The second-order valence-electron chi connectivity index (χ2n) is 9.87. The van der Waals surface area contributed by atoms with Gasteiger partial charge in [-0.2, -0.15) is 0 Å². The largest absolute Gasteiger partial charge is 0.491 e. The van der Waals surface area contributed by atoms with Crippen molar-refractivity contribution in [1.82, 2.24) is 20.9 Å². The summed E-state index contributed by atoms with van der Waals surface area (Å²) >= 11 is 0. The fourth-order valence-electron chi connectivity index (χ4n) is 5.22. The number of carbonyl (C=O) groups is 4. The van der Waals surface area contributed by atoms with Crippen LogP contribution in [-0.2, 0) is 19.2 Å². The number of amides is 4. The number of nitrogens with zero attached hydrogens (tertiary/aromatic N) is 1. The Balaban J connectivity index is 1.80. The topological polar surface area (TPSA) is 163 Å². The molecule has 2 saturated heterocycles. The van der Waals surface area contributed by atoms with Crippen LogP contribution in [0.15, 0.2) is 24.3 Å². The SMILES string of the molecule is CC(=O)NCCCC[C@@H]1NC(=O)[C@H]2C[C@@H](C(=O)NCCCCCN)[C@@H](c3cccc(OCCO)c3)N2C1=O. The number of benzene rings is 1. The molecule has 38 heavy (non-hydrogen) atoms. The zero-order valence-corrected chi connectivity index (χ0v) is 22.1. The van der Waals surface area contributed by atoms with Crippen molar-refractivity contribution in [2.75, 3.05) is 32.8 Å². The summed E-state index contributed by atoms with van der Waals surface area (Å²) < 4.78 is 5.58. The third kappa shape index (κ3) is 7.67. The molecule has 2 aliphatic rings. The molecule has 0 aliphatic carbocycles. The van der Waals surface area contributed by atoms with Gasteiger partial charge >= 0.3 is 0 Å². The minimum Gasteiger partial charge on any atom is -0.491 e. The second-order valence-corrected chi connectivity index (χ2v) is 9.87. The van der Waals surface area contributed by atoms with Crippen molar-refractivity contribution in [3.8, 4) is 5.75 Å². The smallest absolute Gasteiger partial charge is 0.246 e. The summed E-state index contributed by atoms with van der Waals surface area (Å²) in [5.41, 5.74) is 6.26. The molecule has 210 valence electrons. The highest BCUT2D eigenvalue weighted by molar-refractivity contribution is 5.99. The maximum Gasteiger partial charge on any atom is 0.246 e. The Labute approximate surface area is 223 Å². The number of aliphatic hydroxyl groups excluding tert-OH is 1. The highest BCUT2D eigenvalue weighted by atomic mass is 16.5. The van der Waals surface area contributed by atoms with Crippen LogP contribution in [0, 0.1) is 5.92 Å². The van der Waals surface area contributed by atoms with Crippen molar-refractivity contribution in [1.29, 1.82) is 0 Å². The maximum atomic E-state index is 13.7. The van der Waals surface area contributed by atoms with Crippen LogP contribution in [0.1, 0.15) is 63.5 Å². The van der Waals surface area contributed by atoms with Gasteiger partial charge in [-0.25, -0.2) is 0 Å². The van der Waals surface area contributed by atoms with E-state index in [9.17, 15) is 19.2 Å². The van der Waals surface area contributed by atoms with E-state index >= 15 is 0 Å². The third-order valence-corrected chi connectivity index (χ3v) is 7.04. The molecule has 4 atom stereocenters. The van der Waals surface area contributed by atoms with Gasteiger partial charge in [-0.1, -0.05) is 18.6 Å². The fraction of sp³-hybridized carbons (Fsp3) is 0.630. The van der Waals surface area contributed by atoms with Crippen LogP contribution in [0.3, 0.4) is 0 Å². The van der Waals surface area contributed by atoms with E-state index in [0.29, 0.717) is 50.2 Å². The number of rotatable bonds is 15. The number of hydrogen-bond acceptors (Lipinski definition) is 7. The van der Waals surface area contributed by atoms with Gasteiger partial charge in [-0.3, -0.25) is 19.2 Å². The molecule has 6 N–H and O–H groups in total. The van der Waals surface area contributed by atoms with Gasteiger partial charge in [0.05, 0.1) is 18.6 Å². The first-order chi connectivity index (χ1) is 18.4. The van der Waals surface area contributed by atoms with E-state index in [0.717, 1.165) is 19.3 Å². The van der Waals surface area contributed by atoms with Crippen molar-refractivity contribution >= 4 is 23.6 Å². The van der Waals surface area contributed by atoms with Crippen molar-refractivity contribution in [2.45, 2.75) is 70.0 Å². The summed E-state index contributed by atoms with van der Waals surface area (Å²) in [6.07, 6.45) is 4.61. The first-order valence-corrected chi connectivity index (χ1v) is 13.6. The Morgan fingerprint density at radius 3 is 2.63 bits per heavy atom. The van der Waals surface area contributed by atoms with Crippen molar-refractivity contribution < 1.29 is 29.0 Å². The van der Waals surface area contributed by atoms with Crippen LogP contribution in [0.5, 0.6) is 5.75 Å². The quantitative estimate of drug-likeness (QED) is 0.204. The number of nitrogens with one attached hydrogen (secondary N) is 3. The summed E-state index contributed by atoms with van der Waals surface area (Å²) in [4.78, 5) is 52.9. The summed E-state index contributed by atoms with van der Waals surface area (Å²) in [5.74, 6) is -0.846. The molecule has 0 radical (unpaired) electrons. The third-order valence-electron chi connectivity index (χ3n) is 7.04. The molecule has 11 heteroatoms. The van der Waals surface area contributed by atoms with E-state index < -0.39 is 24.0 Å². The molecule has 0 unspecified atom stereocenters. The van der Waals surface area contributed by atoms with E-state index in [-0.39, 0.29) is 43.3 Å². The van der Waals surface area contributed by atoms with Crippen LogP contribution in [-0.4, -0.2) is 78.6 Å². The maximum absolute atomic E-state index is 13.7. The number of piperazine rings is 1. The zero-order valence-electron chi connectivity index (χ0n) is 22.1. The Morgan fingerprint density at radius 1 is 1.13 bits per heavy atom. The number of aliphatic hydroxyl groups is 1. The lowest BCUT2D eigenvalue weighted by atomic mass is 9.92. The van der Waals surface area contributed by atoms with Gasteiger partial charge in [0.2, 0.25) is 23.6 Å². The molecule has 0 bridgehead atoms. The monoisotopic (exact) mass is 531 g/mol. The molecule has 0 aromatic heterocycles. The molecule has 1 aromatic carbocycles. The van der Waals surface area contributed by atoms with Crippen LogP contribution in [0.25, 0.3) is 0 Å². The average Bonchev–Trinajstić information content (AvgIpc) is 3.31. The molecule has 1 aromatic rings. The molecule has 11 nitrogen and oxygen atoms in total. The number of unbranched alkanes of at least 4 members (excludes halogenated alkanes) is 3. The Morgan fingerprint density at radius 2 is 1.89 bits per heavy atom. The Hall–Kier alpha value is -3.18. The van der Waals surface area contributed by atoms with Gasteiger partial charge in [0, 0.05) is 20.0 Å². The van der Waals surface area contributed by atoms with E-state index in [1.54, 1.807) is 23.1 Å². The van der Waals surface area contributed by atoms with Crippen molar-refractivity contribution in [3.05, 3.63) is 29.8 Å². The number of nitrogens with two attached hydrogens (primary N) is 1. The second kappa shape index (κ2) is 14.7. The van der Waals surface area contributed by atoms with Crippen LogP contribution in [0.2, 0.25) is 0 Å². The van der Waals surface area contributed by atoms with E-state index in [2.05, 4.69) is 16.0 Å². The van der Waals surface area contributed by atoms with Crippen LogP contribution in [0.4, 0.5) is 0 Å². The van der Waals surface area contributed by atoms with Crippen LogP contribution >= 0.6 is 0 Å².